The van der Waals surface area contributed by atoms with Crippen LogP contribution in [0.5, 0.6) is 0 Å². The second-order valence-corrected chi connectivity index (χ2v) is 5.31. The van der Waals surface area contributed by atoms with Crippen molar-refractivity contribution in [2.45, 2.75) is 38.8 Å². The molecule has 0 spiro atoms. The van der Waals surface area contributed by atoms with Gasteiger partial charge in [0.1, 0.15) is 0 Å². The lowest BCUT2D eigenvalue weighted by atomic mass is 9.95. The molecule has 0 radical (unpaired) electrons. The van der Waals surface area contributed by atoms with Gasteiger partial charge in [-0.25, -0.2) is 0 Å². The molecule has 2 atom stereocenters. The van der Waals surface area contributed by atoms with Gasteiger partial charge in [0.15, 0.2) is 0 Å². The first-order chi connectivity index (χ1) is 6.40. The molecule has 1 aliphatic rings. The van der Waals surface area contributed by atoms with Gasteiger partial charge in [-0.2, -0.15) is 0 Å². The number of rotatable bonds is 3. The Labute approximate surface area is 87.6 Å². The average Bonchev–Trinajstić information content (AvgIpc) is 2.01. The molecule has 1 saturated heterocycles. The molecule has 0 amide bonds. The molecule has 1 aliphatic heterocycles. The number of nitrogens with two attached hydrogens (primary N) is 1. The Kier molecular flexibility index (Phi) is 3.93. The highest BCUT2D eigenvalue weighted by molar-refractivity contribution is 4.83. The van der Waals surface area contributed by atoms with Gasteiger partial charge in [0.25, 0.3) is 0 Å². The molecule has 2 unspecified atom stereocenters. The van der Waals surface area contributed by atoms with Crippen LogP contribution in [0.2, 0.25) is 0 Å². The van der Waals surface area contributed by atoms with Gasteiger partial charge < -0.3 is 15.4 Å². The molecule has 0 aliphatic carbocycles. The number of nitrogens with zero attached hydrogens (tertiary/aromatic N) is 1. The molecular formula is C11H24N2O. The van der Waals surface area contributed by atoms with Crippen LogP contribution in [-0.2, 0) is 4.74 Å². The predicted octanol–water partition coefficient (Wildman–Crippen LogP) is 1.08. The minimum Gasteiger partial charge on any atom is -0.381 e. The summed E-state index contributed by atoms with van der Waals surface area (Å²) in [6.07, 6.45) is 1.13. The smallest absolute Gasteiger partial charge is 0.0506 e. The second-order valence-electron chi connectivity index (χ2n) is 5.31. The quantitative estimate of drug-likeness (QED) is 0.741. The van der Waals surface area contributed by atoms with Gasteiger partial charge in [0, 0.05) is 24.7 Å². The van der Waals surface area contributed by atoms with Gasteiger partial charge in [0.05, 0.1) is 6.61 Å². The lowest BCUT2D eigenvalue weighted by Gasteiger charge is -2.39. The number of hydrogen-bond acceptors (Lipinski definition) is 3. The van der Waals surface area contributed by atoms with Crippen LogP contribution >= 0.6 is 0 Å². The Balaban J connectivity index is 2.46. The van der Waals surface area contributed by atoms with E-state index in [0.717, 1.165) is 26.2 Å². The van der Waals surface area contributed by atoms with Gasteiger partial charge in [-0.05, 0) is 33.2 Å². The second kappa shape index (κ2) is 4.60. The number of likely N-dealkylation sites (N-methyl/N-ethyl adjacent to an activating group) is 1. The van der Waals surface area contributed by atoms with E-state index in [4.69, 9.17) is 10.5 Å². The fourth-order valence-corrected chi connectivity index (χ4v) is 2.28. The third-order valence-electron chi connectivity index (χ3n) is 2.82. The van der Waals surface area contributed by atoms with Crippen molar-refractivity contribution in [3.05, 3.63) is 0 Å². The summed E-state index contributed by atoms with van der Waals surface area (Å²) in [6.45, 7) is 9.14. The SMILES string of the molecule is CC1COCCC1N(C)CC(C)(C)N. The highest BCUT2D eigenvalue weighted by Gasteiger charge is 2.27. The third kappa shape index (κ3) is 3.56. The molecule has 3 nitrogen and oxygen atoms in total. The summed E-state index contributed by atoms with van der Waals surface area (Å²) in [4.78, 5) is 2.38. The van der Waals surface area contributed by atoms with Crippen LogP contribution in [0.4, 0.5) is 0 Å². The van der Waals surface area contributed by atoms with E-state index in [-0.39, 0.29) is 5.54 Å². The maximum atomic E-state index is 6.02. The summed E-state index contributed by atoms with van der Waals surface area (Å²) in [7, 11) is 2.17. The van der Waals surface area contributed by atoms with Crippen LogP contribution in [0.15, 0.2) is 0 Å². The molecule has 0 aromatic carbocycles. The monoisotopic (exact) mass is 200 g/mol. The van der Waals surface area contributed by atoms with Crippen LogP contribution in [0.25, 0.3) is 0 Å². The zero-order chi connectivity index (χ0) is 10.8. The van der Waals surface area contributed by atoms with Crippen molar-refractivity contribution in [1.82, 2.24) is 4.90 Å². The van der Waals surface area contributed by atoms with E-state index in [1.807, 2.05) is 0 Å². The lowest BCUT2D eigenvalue weighted by molar-refractivity contribution is -0.00202. The summed E-state index contributed by atoms with van der Waals surface area (Å²) in [5, 5.41) is 0. The van der Waals surface area contributed by atoms with Crippen LogP contribution < -0.4 is 5.73 Å². The summed E-state index contributed by atoms with van der Waals surface area (Å²) in [5.41, 5.74) is 5.91. The van der Waals surface area contributed by atoms with E-state index in [9.17, 15) is 0 Å². The highest BCUT2D eigenvalue weighted by atomic mass is 16.5. The average molecular weight is 200 g/mol. The topological polar surface area (TPSA) is 38.5 Å². The van der Waals surface area contributed by atoms with E-state index in [1.54, 1.807) is 0 Å². The van der Waals surface area contributed by atoms with Gasteiger partial charge in [-0.3, -0.25) is 0 Å². The van der Waals surface area contributed by atoms with Crippen LogP contribution in [0, 0.1) is 5.92 Å². The van der Waals surface area contributed by atoms with Crippen molar-refractivity contribution in [3.8, 4) is 0 Å². The fourth-order valence-electron chi connectivity index (χ4n) is 2.28. The number of hydrogen-bond donors (Lipinski definition) is 1. The molecule has 84 valence electrons. The zero-order valence-electron chi connectivity index (χ0n) is 9.92. The van der Waals surface area contributed by atoms with Crippen molar-refractivity contribution in [1.29, 1.82) is 0 Å². The Bertz CT molecular complexity index is 177. The first kappa shape index (κ1) is 12.0. The summed E-state index contributed by atoms with van der Waals surface area (Å²) >= 11 is 0. The van der Waals surface area contributed by atoms with Crippen LogP contribution in [0.1, 0.15) is 27.2 Å². The Morgan fingerprint density at radius 1 is 1.50 bits per heavy atom. The van der Waals surface area contributed by atoms with Crippen molar-refractivity contribution < 1.29 is 4.74 Å². The first-order valence-electron chi connectivity index (χ1n) is 5.47. The maximum absolute atomic E-state index is 6.02. The van der Waals surface area contributed by atoms with Gasteiger partial charge in [0.2, 0.25) is 0 Å². The molecular weight excluding hydrogens is 176 g/mol. The predicted molar refractivity (Wildman–Crippen MR) is 59.3 cm³/mol. The fraction of sp³-hybridized carbons (Fsp3) is 1.00. The van der Waals surface area contributed by atoms with Gasteiger partial charge in [-0.1, -0.05) is 6.92 Å². The van der Waals surface area contributed by atoms with E-state index in [0.29, 0.717) is 12.0 Å². The van der Waals surface area contributed by atoms with E-state index in [2.05, 4.69) is 32.7 Å². The van der Waals surface area contributed by atoms with E-state index < -0.39 is 0 Å². The van der Waals surface area contributed by atoms with Crippen molar-refractivity contribution in [2.24, 2.45) is 11.7 Å². The highest BCUT2D eigenvalue weighted by Crippen LogP contribution is 2.20. The molecule has 0 saturated carbocycles. The molecule has 2 N–H and O–H groups in total. The summed E-state index contributed by atoms with van der Waals surface area (Å²) < 4.78 is 5.43. The third-order valence-corrected chi connectivity index (χ3v) is 2.82. The minimum absolute atomic E-state index is 0.104. The molecule has 1 heterocycles. The maximum Gasteiger partial charge on any atom is 0.0506 e. The van der Waals surface area contributed by atoms with Gasteiger partial charge in [-0.15, -0.1) is 0 Å². The van der Waals surface area contributed by atoms with Crippen LogP contribution in [-0.4, -0.2) is 43.3 Å². The Morgan fingerprint density at radius 2 is 2.14 bits per heavy atom. The van der Waals surface area contributed by atoms with Crippen molar-refractivity contribution in [3.63, 3.8) is 0 Å². The van der Waals surface area contributed by atoms with Gasteiger partial charge >= 0.3 is 0 Å². The summed E-state index contributed by atoms with van der Waals surface area (Å²) in [5.74, 6) is 0.621. The molecule has 0 bridgehead atoms. The first-order valence-corrected chi connectivity index (χ1v) is 5.47. The van der Waals surface area contributed by atoms with E-state index in [1.165, 1.54) is 0 Å². The van der Waals surface area contributed by atoms with E-state index >= 15 is 0 Å². The molecule has 14 heavy (non-hydrogen) atoms. The largest absolute Gasteiger partial charge is 0.381 e. The molecule has 3 heteroatoms. The standard InChI is InChI=1S/C11H24N2O/c1-9-7-14-6-5-10(9)13(4)8-11(2,3)12/h9-10H,5-8,12H2,1-4H3. The zero-order valence-corrected chi connectivity index (χ0v) is 9.92. The molecule has 0 aromatic heterocycles. The summed E-state index contributed by atoms with van der Waals surface area (Å²) in [6, 6.07) is 0.631. The number of ether oxygens (including phenoxy) is 1. The molecule has 1 fully saturated rings. The Hall–Kier alpha value is -0.120. The molecule has 0 aromatic rings. The normalized spacial score (nSPS) is 29.6. The molecule has 1 rings (SSSR count). The van der Waals surface area contributed by atoms with Crippen LogP contribution in [0.3, 0.4) is 0 Å². The van der Waals surface area contributed by atoms with Crippen molar-refractivity contribution in [2.75, 3.05) is 26.8 Å². The Morgan fingerprint density at radius 3 is 2.64 bits per heavy atom. The van der Waals surface area contributed by atoms with Crippen molar-refractivity contribution >= 4 is 0 Å². The minimum atomic E-state index is -0.104. The lowest BCUT2D eigenvalue weighted by Crippen LogP contribution is -2.51.